The fourth-order valence-corrected chi connectivity index (χ4v) is 3.30. The van der Waals surface area contributed by atoms with Crippen LogP contribution in [0.2, 0.25) is 0 Å². The maximum absolute atomic E-state index is 12.1. The first-order valence-electron chi connectivity index (χ1n) is 8.77. The molecule has 1 saturated carbocycles. The predicted octanol–water partition coefficient (Wildman–Crippen LogP) is 3.83. The first-order chi connectivity index (χ1) is 12.2. The summed E-state index contributed by atoms with van der Waals surface area (Å²) in [4.78, 5) is 24.0. The van der Waals surface area contributed by atoms with Gasteiger partial charge in [0.25, 0.3) is 0 Å². The molecule has 138 valence electrons. The lowest BCUT2D eigenvalue weighted by Crippen LogP contribution is -2.20. The van der Waals surface area contributed by atoms with E-state index in [1.165, 1.54) is 56.0 Å². The monoisotopic (exact) mass is 353 g/mol. The van der Waals surface area contributed by atoms with Crippen molar-refractivity contribution in [2.24, 2.45) is 0 Å². The Morgan fingerprint density at radius 2 is 1.85 bits per heavy atom. The Kier molecular flexibility index (Phi) is 6.89. The van der Waals surface area contributed by atoms with Gasteiger partial charge in [-0.2, -0.15) is 5.10 Å². The zero-order valence-electron chi connectivity index (χ0n) is 14.4. The number of hydrogen-bond donors (Lipinski definition) is 1. The van der Waals surface area contributed by atoms with Crippen molar-refractivity contribution in [3.63, 3.8) is 0 Å². The van der Waals surface area contributed by atoms with E-state index in [-0.39, 0.29) is 18.5 Å². The van der Waals surface area contributed by atoms with Crippen LogP contribution in [0.1, 0.15) is 61.5 Å². The number of rotatable bonds is 5. The Balaban J connectivity index is 0.00000243. The summed E-state index contributed by atoms with van der Waals surface area (Å²) in [6, 6.07) is 9.64. The summed E-state index contributed by atoms with van der Waals surface area (Å²) in [5.74, 6) is 0.237. The highest BCUT2D eigenvalue weighted by atomic mass is 16.1. The first kappa shape index (κ1) is 19.6. The second kappa shape index (κ2) is 9.13. The molecule has 0 bridgehead atoms. The van der Waals surface area contributed by atoms with Gasteiger partial charge < -0.3 is 5.32 Å². The molecule has 0 radical (unpaired) electrons. The number of benzene rings is 1. The van der Waals surface area contributed by atoms with Gasteiger partial charge in [0.2, 0.25) is 11.2 Å². The third kappa shape index (κ3) is 4.48. The lowest BCUT2D eigenvalue weighted by atomic mass is 9.84. The van der Waals surface area contributed by atoms with E-state index in [1.807, 2.05) is 12.1 Å². The van der Waals surface area contributed by atoms with Gasteiger partial charge in [0.1, 0.15) is 0 Å². The van der Waals surface area contributed by atoms with E-state index in [1.54, 1.807) is 17.9 Å². The van der Waals surface area contributed by atoms with Crippen molar-refractivity contribution >= 4 is 5.78 Å². The van der Waals surface area contributed by atoms with Crippen molar-refractivity contribution in [2.75, 3.05) is 7.05 Å². The summed E-state index contributed by atoms with van der Waals surface area (Å²) < 4.78 is 1.58. The van der Waals surface area contributed by atoms with Gasteiger partial charge in [0.15, 0.2) is 5.69 Å². The molecule has 1 aromatic heterocycles. The molecule has 1 aliphatic carbocycles. The third-order valence-corrected chi connectivity index (χ3v) is 4.68. The van der Waals surface area contributed by atoms with Crippen molar-refractivity contribution in [2.45, 2.75) is 45.4 Å². The summed E-state index contributed by atoms with van der Waals surface area (Å²) in [6.45, 7) is 0. The van der Waals surface area contributed by atoms with Gasteiger partial charge in [0.05, 0.1) is 5.69 Å². The van der Waals surface area contributed by atoms with E-state index in [9.17, 15) is 9.59 Å². The summed E-state index contributed by atoms with van der Waals surface area (Å²) in [5.41, 5.74) is 1.75. The van der Waals surface area contributed by atoms with Crippen molar-refractivity contribution in [3.05, 3.63) is 70.3 Å². The fourth-order valence-electron chi connectivity index (χ4n) is 3.30. The molecular weight excluding hydrogens is 326 g/mol. The van der Waals surface area contributed by atoms with Crippen LogP contribution in [0.25, 0.3) is 5.69 Å². The van der Waals surface area contributed by atoms with Gasteiger partial charge in [0, 0.05) is 31.6 Å². The van der Waals surface area contributed by atoms with Gasteiger partial charge in [-0.05, 0) is 36.5 Å². The SMILES string of the molecule is C.CNC=CC(=O)c1nn(-c2ccc(C3CCCCC3)cc2)ccc1=O. The molecule has 5 heteroatoms. The van der Waals surface area contributed by atoms with Crippen LogP contribution in [0.5, 0.6) is 0 Å². The van der Waals surface area contributed by atoms with Crippen LogP contribution in [0.15, 0.2) is 53.6 Å². The van der Waals surface area contributed by atoms with Gasteiger partial charge in [-0.25, -0.2) is 4.68 Å². The van der Waals surface area contributed by atoms with Crippen molar-refractivity contribution in [3.8, 4) is 5.69 Å². The molecule has 0 spiro atoms. The number of ketones is 1. The molecule has 1 heterocycles. The Hall–Kier alpha value is -2.69. The van der Waals surface area contributed by atoms with Crippen LogP contribution >= 0.6 is 0 Å². The minimum absolute atomic E-state index is 0. The second-order valence-corrected chi connectivity index (χ2v) is 6.39. The number of nitrogens with zero attached hydrogens (tertiary/aromatic N) is 2. The molecule has 1 aliphatic rings. The van der Waals surface area contributed by atoms with E-state index in [0.29, 0.717) is 5.92 Å². The van der Waals surface area contributed by atoms with E-state index < -0.39 is 5.78 Å². The highest BCUT2D eigenvalue weighted by molar-refractivity contribution is 6.02. The Labute approximate surface area is 154 Å². The summed E-state index contributed by atoms with van der Waals surface area (Å²) in [7, 11) is 1.69. The number of hydrogen-bond acceptors (Lipinski definition) is 4. The highest BCUT2D eigenvalue weighted by Crippen LogP contribution is 2.32. The number of carbonyl (C=O) groups is 1. The Morgan fingerprint density at radius 1 is 1.15 bits per heavy atom. The highest BCUT2D eigenvalue weighted by Gasteiger charge is 2.15. The second-order valence-electron chi connectivity index (χ2n) is 6.39. The van der Waals surface area contributed by atoms with Crippen LogP contribution in [0, 0.1) is 0 Å². The molecule has 0 aliphatic heterocycles. The molecule has 1 fully saturated rings. The van der Waals surface area contributed by atoms with E-state index in [0.717, 1.165) is 5.69 Å². The average Bonchev–Trinajstić information content (AvgIpc) is 2.67. The van der Waals surface area contributed by atoms with Crippen LogP contribution < -0.4 is 10.7 Å². The summed E-state index contributed by atoms with van der Waals surface area (Å²) in [5, 5.41) is 6.95. The molecule has 1 aromatic carbocycles. The minimum Gasteiger partial charge on any atom is -0.394 e. The van der Waals surface area contributed by atoms with Crippen LogP contribution in [0.4, 0.5) is 0 Å². The Morgan fingerprint density at radius 3 is 2.50 bits per heavy atom. The molecule has 0 amide bonds. The molecule has 0 unspecified atom stereocenters. The lowest BCUT2D eigenvalue weighted by Gasteiger charge is -2.22. The lowest BCUT2D eigenvalue weighted by molar-refractivity contribution is 0.103. The molecule has 26 heavy (non-hydrogen) atoms. The molecule has 5 nitrogen and oxygen atoms in total. The molecule has 0 saturated heterocycles. The zero-order chi connectivity index (χ0) is 17.6. The maximum atomic E-state index is 12.1. The van der Waals surface area contributed by atoms with Crippen LogP contribution in [-0.4, -0.2) is 22.6 Å². The number of carbonyl (C=O) groups excluding carboxylic acids is 1. The molecule has 3 rings (SSSR count). The number of aromatic nitrogens is 2. The number of allylic oxidation sites excluding steroid dienone is 1. The van der Waals surface area contributed by atoms with Crippen molar-refractivity contribution in [1.29, 1.82) is 0 Å². The van der Waals surface area contributed by atoms with Gasteiger partial charge in [-0.3, -0.25) is 9.59 Å². The Bertz CT molecular complexity index is 816. The van der Waals surface area contributed by atoms with Crippen molar-refractivity contribution < 1.29 is 4.79 Å². The zero-order valence-corrected chi connectivity index (χ0v) is 14.4. The first-order valence-corrected chi connectivity index (χ1v) is 8.77. The summed E-state index contributed by atoms with van der Waals surface area (Å²) >= 11 is 0. The maximum Gasteiger partial charge on any atom is 0.211 e. The van der Waals surface area contributed by atoms with Crippen LogP contribution in [-0.2, 0) is 0 Å². The average molecular weight is 353 g/mol. The predicted molar refractivity (Wildman–Crippen MR) is 105 cm³/mol. The normalized spacial score (nSPS) is 14.8. The van der Waals surface area contributed by atoms with Gasteiger partial charge >= 0.3 is 0 Å². The van der Waals surface area contributed by atoms with Crippen LogP contribution in [0.3, 0.4) is 0 Å². The van der Waals surface area contributed by atoms with E-state index in [2.05, 4.69) is 22.5 Å². The number of nitrogens with one attached hydrogen (secondary N) is 1. The topological polar surface area (TPSA) is 64.0 Å². The standard InChI is InChI=1S/C20H23N3O2.CH4/c1-21-13-11-18(24)20-19(25)12-14-23(22-20)17-9-7-16(8-10-17)15-5-3-2-4-6-15;/h7-15,21H,2-6H2,1H3;1H4. The van der Waals surface area contributed by atoms with Gasteiger partial charge in [-0.1, -0.05) is 38.8 Å². The molecular formula is C21H27N3O2. The quantitative estimate of drug-likeness (QED) is 0.655. The molecule has 0 atom stereocenters. The molecule has 2 aromatic rings. The van der Waals surface area contributed by atoms with Gasteiger partial charge in [-0.15, -0.1) is 0 Å². The third-order valence-electron chi connectivity index (χ3n) is 4.68. The smallest absolute Gasteiger partial charge is 0.211 e. The largest absolute Gasteiger partial charge is 0.394 e. The van der Waals surface area contributed by atoms with Crippen molar-refractivity contribution in [1.82, 2.24) is 15.1 Å². The molecule has 1 N–H and O–H groups in total. The fraction of sp³-hybridized carbons (Fsp3) is 0.381. The minimum atomic E-state index is -0.410. The van der Waals surface area contributed by atoms with E-state index in [4.69, 9.17) is 0 Å². The summed E-state index contributed by atoms with van der Waals surface area (Å²) in [6.07, 6.45) is 10.8. The van der Waals surface area contributed by atoms with E-state index >= 15 is 0 Å².